The highest BCUT2D eigenvalue weighted by Crippen LogP contribution is 2.34. The molecule has 0 saturated carbocycles. The predicted molar refractivity (Wildman–Crippen MR) is 61.8 cm³/mol. The van der Waals surface area contributed by atoms with Crippen molar-refractivity contribution in [2.24, 2.45) is 16.5 Å². The third kappa shape index (κ3) is 1.95. The minimum Gasteiger partial charge on any atom is -0.506 e. The summed E-state index contributed by atoms with van der Waals surface area (Å²) in [7, 11) is 0. The molecule has 1 aromatic heterocycles. The van der Waals surface area contributed by atoms with Crippen molar-refractivity contribution in [1.29, 1.82) is 0 Å². The number of nitrogens with zero attached hydrogens (tertiary/aromatic N) is 2. The van der Waals surface area contributed by atoms with Crippen molar-refractivity contribution in [2.75, 3.05) is 0 Å². The van der Waals surface area contributed by atoms with Crippen molar-refractivity contribution >= 4 is 44.2 Å². The molecule has 0 unspecified atom stereocenters. The number of benzene rings is 1. The predicted octanol–water partition coefficient (Wildman–Crippen LogP) is 1.56. The van der Waals surface area contributed by atoms with Crippen LogP contribution in [0.15, 0.2) is 17.1 Å². The summed E-state index contributed by atoms with van der Waals surface area (Å²) in [6, 6.07) is 3.09. The number of phenolic OH excluding ortho intramolecular Hbond substituents is 1. The molecule has 1 aromatic carbocycles. The molecule has 0 saturated heterocycles. The maximum atomic E-state index is 9.37. The van der Waals surface area contributed by atoms with Crippen LogP contribution in [0, 0.1) is 0 Å². The first-order valence-electron chi connectivity index (χ1n) is 3.95. The van der Waals surface area contributed by atoms with E-state index in [1.165, 1.54) is 17.4 Å². The van der Waals surface area contributed by atoms with Crippen LogP contribution < -0.4 is 11.5 Å². The zero-order valence-electron chi connectivity index (χ0n) is 7.44. The van der Waals surface area contributed by atoms with E-state index in [0.29, 0.717) is 10.6 Å². The average Bonchev–Trinajstić information content (AvgIpc) is 2.46. The molecule has 5 nitrogen and oxygen atoms in total. The maximum absolute atomic E-state index is 9.37. The molecule has 0 aliphatic carbocycles. The van der Waals surface area contributed by atoms with Gasteiger partial charge in [-0.3, -0.25) is 0 Å². The first kappa shape index (κ1) is 10.0. The smallest absolute Gasteiger partial charge is 0.213 e. The fourth-order valence-corrected chi connectivity index (χ4v) is 2.11. The summed E-state index contributed by atoms with van der Waals surface area (Å²) in [5.74, 6) is -0.0339. The van der Waals surface area contributed by atoms with Gasteiger partial charge >= 0.3 is 0 Å². The third-order valence-corrected chi connectivity index (χ3v) is 2.89. The van der Waals surface area contributed by atoms with Crippen LogP contribution in [0.5, 0.6) is 5.75 Å². The van der Waals surface area contributed by atoms with Gasteiger partial charge < -0.3 is 16.6 Å². The zero-order chi connectivity index (χ0) is 11.0. The Hall–Kier alpha value is -1.53. The number of aliphatic imine (C=N–C) groups is 1. The molecule has 15 heavy (non-hydrogen) atoms. The van der Waals surface area contributed by atoms with Crippen LogP contribution in [0.1, 0.15) is 0 Å². The summed E-state index contributed by atoms with van der Waals surface area (Å²) in [6.45, 7) is 0. The van der Waals surface area contributed by atoms with Crippen LogP contribution in [0.4, 0.5) is 5.13 Å². The standard InChI is InChI=1S/C8H7ClN4OS/c9-3-1-4-6(2-5(3)14)15-8(12-4)13-7(10)11/h1-2,14H,(H4,10,11,12,13). The monoisotopic (exact) mass is 242 g/mol. The Morgan fingerprint density at radius 3 is 2.87 bits per heavy atom. The van der Waals surface area contributed by atoms with Crippen molar-refractivity contribution in [1.82, 2.24) is 4.98 Å². The van der Waals surface area contributed by atoms with E-state index in [1.54, 1.807) is 6.07 Å². The fourth-order valence-electron chi connectivity index (χ4n) is 1.08. The van der Waals surface area contributed by atoms with Crippen LogP contribution in [-0.4, -0.2) is 16.1 Å². The second kappa shape index (κ2) is 3.56. The molecule has 0 fully saturated rings. The Morgan fingerprint density at radius 2 is 2.20 bits per heavy atom. The molecule has 0 aliphatic heterocycles. The number of thiazole rings is 1. The Morgan fingerprint density at radius 1 is 1.47 bits per heavy atom. The number of nitrogens with two attached hydrogens (primary N) is 2. The van der Waals surface area contributed by atoms with Crippen molar-refractivity contribution < 1.29 is 5.11 Å². The molecule has 0 radical (unpaired) electrons. The lowest BCUT2D eigenvalue weighted by molar-refractivity contribution is 0.476. The molecule has 2 aromatic rings. The molecule has 0 bridgehead atoms. The Balaban J connectivity index is 2.61. The highest BCUT2D eigenvalue weighted by atomic mass is 35.5. The van der Waals surface area contributed by atoms with Gasteiger partial charge in [-0.05, 0) is 6.07 Å². The van der Waals surface area contributed by atoms with E-state index in [-0.39, 0.29) is 16.7 Å². The molecule has 0 aliphatic rings. The quantitative estimate of drug-likeness (QED) is 0.522. The van der Waals surface area contributed by atoms with E-state index in [4.69, 9.17) is 23.1 Å². The molecule has 2 rings (SSSR count). The number of guanidine groups is 1. The number of hydrogen-bond acceptors (Lipinski definition) is 4. The van der Waals surface area contributed by atoms with Gasteiger partial charge in [0.05, 0.1) is 15.2 Å². The number of hydrogen-bond donors (Lipinski definition) is 3. The number of phenols is 1. The third-order valence-electron chi connectivity index (χ3n) is 1.67. The van der Waals surface area contributed by atoms with E-state index in [0.717, 1.165) is 4.70 Å². The molecule has 0 spiro atoms. The Kier molecular flexibility index (Phi) is 2.37. The van der Waals surface area contributed by atoms with Crippen molar-refractivity contribution in [3.05, 3.63) is 17.2 Å². The zero-order valence-corrected chi connectivity index (χ0v) is 9.01. The summed E-state index contributed by atoms with van der Waals surface area (Å²) < 4.78 is 0.775. The van der Waals surface area contributed by atoms with Gasteiger partial charge in [0.25, 0.3) is 0 Å². The van der Waals surface area contributed by atoms with E-state index < -0.39 is 0 Å². The summed E-state index contributed by atoms with van der Waals surface area (Å²) in [5.41, 5.74) is 11.1. The molecule has 0 amide bonds. The van der Waals surface area contributed by atoms with E-state index in [2.05, 4.69) is 9.98 Å². The van der Waals surface area contributed by atoms with Crippen LogP contribution in [0.25, 0.3) is 10.2 Å². The van der Waals surface area contributed by atoms with Gasteiger partial charge in [0.1, 0.15) is 5.75 Å². The number of aromatic hydroxyl groups is 1. The first-order valence-corrected chi connectivity index (χ1v) is 5.14. The largest absolute Gasteiger partial charge is 0.506 e. The number of rotatable bonds is 1. The normalized spacial score (nSPS) is 10.5. The second-order valence-electron chi connectivity index (χ2n) is 2.80. The minimum atomic E-state index is -0.0515. The van der Waals surface area contributed by atoms with Gasteiger partial charge in [-0.2, -0.15) is 4.99 Å². The van der Waals surface area contributed by atoms with Gasteiger partial charge in [-0.15, -0.1) is 0 Å². The van der Waals surface area contributed by atoms with E-state index in [1.807, 2.05) is 0 Å². The van der Waals surface area contributed by atoms with E-state index >= 15 is 0 Å². The molecular weight excluding hydrogens is 236 g/mol. The lowest BCUT2D eigenvalue weighted by Gasteiger charge is -1.93. The Labute approximate surface area is 94.0 Å². The summed E-state index contributed by atoms with van der Waals surface area (Å²) in [4.78, 5) is 7.94. The summed E-state index contributed by atoms with van der Waals surface area (Å²) in [5, 5.41) is 10.1. The molecule has 78 valence electrons. The highest BCUT2D eigenvalue weighted by Gasteiger charge is 2.07. The van der Waals surface area contributed by atoms with Gasteiger partial charge in [-0.1, -0.05) is 22.9 Å². The highest BCUT2D eigenvalue weighted by molar-refractivity contribution is 7.22. The molecule has 0 atom stereocenters. The number of fused-ring (bicyclic) bond motifs is 1. The summed E-state index contributed by atoms with van der Waals surface area (Å²) in [6.07, 6.45) is 0. The summed E-state index contributed by atoms with van der Waals surface area (Å²) >= 11 is 7.00. The Bertz CT molecular complexity index is 508. The van der Waals surface area contributed by atoms with Gasteiger partial charge in [0.2, 0.25) is 5.13 Å². The van der Waals surface area contributed by atoms with Gasteiger partial charge in [-0.25, -0.2) is 4.98 Å². The van der Waals surface area contributed by atoms with Crippen molar-refractivity contribution in [3.8, 4) is 5.75 Å². The van der Waals surface area contributed by atoms with Crippen molar-refractivity contribution in [3.63, 3.8) is 0 Å². The molecule has 1 heterocycles. The van der Waals surface area contributed by atoms with Crippen LogP contribution in [-0.2, 0) is 0 Å². The van der Waals surface area contributed by atoms with E-state index in [9.17, 15) is 5.11 Å². The van der Waals surface area contributed by atoms with Gasteiger partial charge in [0.15, 0.2) is 5.96 Å². The first-order chi connectivity index (χ1) is 7.06. The lowest BCUT2D eigenvalue weighted by atomic mass is 10.3. The average molecular weight is 243 g/mol. The lowest BCUT2D eigenvalue weighted by Crippen LogP contribution is -2.21. The minimum absolute atomic E-state index is 0.0177. The number of aromatic nitrogens is 1. The SMILES string of the molecule is NC(N)=Nc1nc2cc(Cl)c(O)cc2s1. The van der Waals surface area contributed by atoms with Crippen LogP contribution in [0.2, 0.25) is 5.02 Å². The molecular formula is C8H7ClN4OS. The van der Waals surface area contributed by atoms with Gasteiger partial charge in [0, 0.05) is 6.07 Å². The molecule has 7 heteroatoms. The van der Waals surface area contributed by atoms with Crippen LogP contribution >= 0.6 is 22.9 Å². The number of halogens is 1. The second-order valence-corrected chi connectivity index (χ2v) is 4.22. The topological polar surface area (TPSA) is 97.5 Å². The van der Waals surface area contributed by atoms with Crippen LogP contribution in [0.3, 0.4) is 0 Å². The fraction of sp³-hybridized carbons (Fsp3) is 0. The maximum Gasteiger partial charge on any atom is 0.213 e. The molecule has 5 N–H and O–H groups in total. The van der Waals surface area contributed by atoms with Crippen molar-refractivity contribution in [2.45, 2.75) is 0 Å².